The molecule has 0 bridgehead atoms. The van der Waals surface area contributed by atoms with Crippen molar-refractivity contribution in [2.24, 2.45) is 0 Å². The van der Waals surface area contributed by atoms with Gasteiger partial charge in [-0.2, -0.15) is 0 Å². The van der Waals surface area contributed by atoms with E-state index >= 15 is 0 Å². The molecule has 110 valence electrons. The lowest BCUT2D eigenvalue weighted by Gasteiger charge is -2.27. The van der Waals surface area contributed by atoms with Crippen LogP contribution in [0.25, 0.3) is 0 Å². The molecule has 0 spiro atoms. The first-order valence-electron chi connectivity index (χ1n) is 6.52. The molecule has 1 N–H and O–H groups in total. The van der Waals surface area contributed by atoms with E-state index < -0.39 is 0 Å². The number of carbonyl (C=O) groups excluding carboxylic acids is 2. The molecule has 1 atom stereocenters. The molecule has 0 aromatic rings. The molecule has 0 aromatic carbocycles. The molecule has 6 nitrogen and oxygen atoms in total. The van der Waals surface area contributed by atoms with E-state index in [-0.39, 0.29) is 29.1 Å². The summed E-state index contributed by atoms with van der Waals surface area (Å²) in [6.07, 6.45) is 0.445. The van der Waals surface area contributed by atoms with Crippen LogP contribution in [0.2, 0.25) is 0 Å². The van der Waals surface area contributed by atoms with E-state index in [1.54, 1.807) is 6.92 Å². The van der Waals surface area contributed by atoms with E-state index in [2.05, 4.69) is 5.32 Å². The molecule has 0 saturated carbocycles. The second kappa shape index (κ2) is 6.19. The molecule has 6 heteroatoms. The number of methoxy groups -OCH3 is 2. The quantitative estimate of drug-likeness (QED) is 0.749. The van der Waals surface area contributed by atoms with E-state index in [0.29, 0.717) is 30.8 Å². The first-order valence-corrected chi connectivity index (χ1v) is 6.52. The van der Waals surface area contributed by atoms with Crippen LogP contribution in [0.5, 0.6) is 0 Å². The fraction of sp³-hybridized carbons (Fsp3) is 0.571. The summed E-state index contributed by atoms with van der Waals surface area (Å²) in [7, 11) is 2.72. The van der Waals surface area contributed by atoms with Crippen LogP contribution in [-0.2, 0) is 23.8 Å². The number of Topliss-reactive ketones (excluding diaryl/α,β-unsaturated/α-hetero) is 2. The van der Waals surface area contributed by atoms with Crippen LogP contribution in [0.1, 0.15) is 13.3 Å². The maximum absolute atomic E-state index is 12.4. The Morgan fingerprint density at radius 2 is 1.85 bits per heavy atom. The zero-order valence-corrected chi connectivity index (χ0v) is 11.9. The van der Waals surface area contributed by atoms with Crippen molar-refractivity contribution in [2.45, 2.75) is 19.4 Å². The Balaban J connectivity index is 2.26. The molecule has 20 heavy (non-hydrogen) atoms. The first-order chi connectivity index (χ1) is 9.60. The highest BCUT2D eigenvalue weighted by Gasteiger charge is 2.35. The lowest BCUT2D eigenvalue weighted by Crippen LogP contribution is -2.42. The molecule has 1 aliphatic heterocycles. The van der Waals surface area contributed by atoms with Gasteiger partial charge in [0.05, 0.1) is 27.4 Å². The third-order valence-corrected chi connectivity index (χ3v) is 3.54. The summed E-state index contributed by atoms with van der Waals surface area (Å²) in [5.74, 6) is -0.620. The Kier molecular flexibility index (Phi) is 4.57. The molecular weight excluding hydrogens is 262 g/mol. The number of morpholine rings is 1. The van der Waals surface area contributed by atoms with Crippen molar-refractivity contribution >= 4 is 11.6 Å². The molecule has 1 heterocycles. The van der Waals surface area contributed by atoms with E-state index in [0.717, 1.165) is 6.54 Å². The fourth-order valence-corrected chi connectivity index (χ4v) is 2.43. The van der Waals surface area contributed by atoms with Gasteiger partial charge in [0.2, 0.25) is 23.1 Å². The van der Waals surface area contributed by atoms with Gasteiger partial charge in [0.25, 0.3) is 0 Å². The van der Waals surface area contributed by atoms with Crippen molar-refractivity contribution in [3.8, 4) is 0 Å². The Labute approximate surface area is 117 Å². The lowest BCUT2D eigenvalue weighted by atomic mass is 9.89. The number of hydrogen-bond acceptors (Lipinski definition) is 6. The highest BCUT2D eigenvalue weighted by atomic mass is 16.5. The van der Waals surface area contributed by atoms with Crippen LogP contribution in [-0.4, -0.2) is 51.6 Å². The molecule has 1 aliphatic carbocycles. The zero-order valence-electron chi connectivity index (χ0n) is 11.9. The predicted molar refractivity (Wildman–Crippen MR) is 71.0 cm³/mol. The molecule has 1 fully saturated rings. The molecule has 0 radical (unpaired) electrons. The van der Waals surface area contributed by atoms with Gasteiger partial charge in [0.15, 0.2) is 0 Å². The van der Waals surface area contributed by atoms with Crippen molar-refractivity contribution in [2.75, 3.05) is 34.0 Å². The van der Waals surface area contributed by atoms with Gasteiger partial charge in [-0.15, -0.1) is 0 Å². The third-order valence-electron chi connectivity index (χ3n) is 3.54. The van der Waals surface area contributed by atoms with Gasteiger partial charge < -0.3 is 19.5 Å². The minimum Gasteiger partial charge on any atom is -0.489 e. The number of nitrogens with one attached hydrogen (secondary N) is 1. The number of ketones is 2. The Morgan fingerprint density at radius 1 is 1.20 bits per heavy atom. The Morgan fingerprint density at radius 3 is 2.40 bits per heavy atom. The van der Waals surface area contributed by atoms with Crippen molar-refractivity contribution in [3.05, 3.63) is 22.7 Å². The zero-order chi connectivity index (χ0) is 14.7. The Bertz CT molecular complexity index is 486. The van der Waals surface area contributed by atoms with Crippen LogP contribution in [0.4, 0.5) is 0 Å². The SMILES string of the molecule is COC1=C(OC)C(=O)C(CC2COCCN2)=C(C)C1=O. The number of hydrogen-bond donors (Lipinski definition) is 1. The number of ether oxygens (including phenoxy) is 3. The van der Waals surface area contributed by atoms with Crippen LogP contribution in [0.15, 0.2) is 22.7 Å². The maximum atomic E-state index is 12.4. The van der Waals surface area contributed by atoms with Crippen LogP contribution in [0, 0.1) is 0 Å². The summed E-state index contributed by atoms with van der Waals surface area (Å²) < 4.78 is 15.4. The molecule has 2 aliphatic rings. The molecule has 1 unspecified atom stereocenters. The van der Waals surface area contributed by atoms with Gasteiger partial charge in [-0.1, -0.05) is 0 Å². The summed E-state index contributed by atoms with van der Waals surface area (Å²) in [6, 6.07) is 0.0349. The average Bonchev–Trinajstić information content (AvgIpc) is 2.48. The number of allylic oxidation sites excluding steroid dienone is 2. The minimum atomic E-state index is -0.296. The smallest absolute Gasteiger partial charge is 0.228 e. The third kappa shape index (κ3) is 2.62. The molecule has 1 saturated heterocycles. The highest BCUT2D eigenvalue weighted by molar-refractivity contribution is 6.23. The van der Waals surface area contributed by atoms with E-state index in [1.165, 1.54) is 14.2 Å². The van der Waals surface area contributed by atoms with Gasteiger partial charge in [-0.05, 0) is 13.3 Å². The summed E-state index contributed by atoms with van der Waals surface area (Å²) in [5, 5.41) is 3.27. The van der Waals surface area contributed by atoms with Gasteiger partial charge in [0.1, 0.15) is 0 Å². The second-order valence-electron chi connectivity index (χ2n) is 4.76. The van der Waals surface area contributed by atoms with Crippen LogP contribution >= 0.6 is 0 Å². The van der Waals surface area contributed by atoms with Gasteiger partial charge in [0, 0.05) is 23.7 Å². The van der Waals surface area contributed by atoms with E-state index in [4.69, 9.17) is 14.2 Å². The topological polar surface area (TPSA) is 73.9 Å². The molecule has 0 aromatic heterocycles. The fourth-order valence-electron chi connectivity index (χ4n) is 2.43. The van der Waals surface area contributed by atoms with Crippen LogP contribution < -0.4 is 5.32 Å². The van der Waals surface area contributed by atoms with Gasteiger partial charge in [-0.25, -0.2) is 0 Å². The van der Waals surface area contributed by atoms with Crippen molar-refractivity contribution in [1.29, 1.82) is 0 Å². The standard InChI is InChI=1S/C14H19NO5/c1-8-10(6-9-7-20-5-4-15-9)12(17)14(19-3)13(18-2)11(8)16/h9,15H,4-7H2,1-3H3. The van der Waals surface area contributed by atoms with E-state index in [9.17, 15) is 9.59 Å². The summed E-state index contributed by atoms with van der Waals surface area (Å²) in [5.41, 5.74) is 0.885. The molecular formula is C14H19NO5. The highest BCUT2D eigenvalue weighted by Crippen LogP contribution is 2.28. The summed E-state index contributed by atoms with van der Waals surface area (Å²) in [6.45, 7) is 3.58. The maximum Gasteiger partial charge on any atom is 0.228 e. The van der Waals surface area contributed by atoms with Crippen LogP contribution in [0.3, 0.4) is 0 Å². The number of rotatable bonds is 4. The average molecular weight is 281 g/mol. The number of carbonyl (C=O) groups is 2. The second-order valence-corrected chi connectivity index (χ2v) is 4.76. The minimum absolute atomic E-state index is 0.0187. The molecule has 0 amide bonds. The lowest BCUT2D eigenvalue weighted by molar-refractivity contribution is -0.121. The molecule has 2 rings (SSSR count). The van der Waals surface area contributed by atoms with Gasteiger partial charge in [-0.3, -0.25) is 9.59 Å². The Hall–Kier alpha value is -1.66. The van der Waals surface area contributed by atoms with Crippen molar-refractivity contribution in [1.82, 2.24) is 5.32 Å². The summed E-state index contributed by atoms with van der Waals surface area (Å²) in [4.78, 5) is 24.6. The van der Waals surface area contributed by atoms with E-state index in [1.807, 2.05) is 0 Å². The monoisotopic (exact) mass is 281 g/mol. The largest absolute Gasteiger partial charge is 0.489 e. The normalized spacial score (nSPS) is 24.2. The van der Waals surface area contributed by atoms with Crippen molar-refractivity contribution in [3.63, 3.8) is 0 Å². The van der Waals surface area contributed by atoms with Gasteiger partial charge >= 0.3 is 0 Å². The summed E-state index contributed by atoms with van der Waals surface area (Å²) >= 11 is 0. The first kappa shape index (κ1) is 14.7. The van der Waals surface area contributed by atoms with Crippen molar-refractivity contribution < 1.29 is 23.8 Å². The predicted octanol–water partition coefficient (Wildman–Crippen LogP) is 0.338.